The van der Waals surface area contributed by atoms with Crippen LogP contribution in [-0.4, -0.2) is 30.0 Å². The lowest BCUT2D eigenvalue weighted by Gasteiger charge is -2.12. The number of anilines is 1. The van der Waals surface area contributed by atoms with Crippen molar-refractivity contribution >= 4 is 23.9 Å². The number of pyridine rings is 2. The Bertz CT molecular complexity index is 666. The molecule has 0 saturated heterocycles. The highest BCUT2D eigenvalue weighted by molar-refractivity contribution is 7.71. The molecule has 2 aromatic rings. The van der Waals surface area contributed by atoms with Gasteiger partial charge >= 0.3 is 0 Å². The van der Waals surface area contributed by atoms with Crippen molar-refractivity contribution in [3.8, 4) is 0 Å². The highest BCUT2D eigenvalue weighted by Crippen LogP contribution is 2.09. The number of nitrogens with one attached hydrogen (secondary N) is 2. The molecule has 20 heavy (non-hydrogen) atoms. The molecule has 0 aromatic carbocycles. The van der Waals surface area contributed by atoms with Crippen LogP contribution in [0.15, 0.2) is 36.7 Å². The molecule has 104 valence electrons. The Balaban J connectivity index is 2.06. The van der Waals surface area contributed by atoms with E-state index in [1.165, 1.54) is 0 Å². The first kappa shape index (κ1) is 14.2. The van der Waals surface area contributed by atoms with Crippen molar-refractivity contribution < 1.29 is 4.79 Å². The molecule has 0 spiro atoms. The van der Waals surface area contributed by atoms with Crippen LogP contribution in [0.4, 0.5) is 5.82 Å². The summed E-state index contributed by atoms with van der Waals surface area (Å²) >= 11 is 5.08. The fourth-order valence-corrected chi connectivity index (χ4v) is 1.92. The van der Waals surface area contributed by atoms with Gasteiger partial charge in [-0.2, -0.15) is 0 Å². The molecule has 0 atom stereocenters. The second kappa shape index (κ2) is 6.29. The predicted molar refractivity (Wildman–Crippen MR) is 81.4 cm³/mol. The zero-order valence-corrected chi connectivity index (χ0v) is 12.2. The lowest BCUT2D eigenvalue weighted by atomic mass is 10.2. The van der Waals surface area contributed by atoms with Crippen LogP contribution in [0.5, 0.6) is 0 Å². The molecule has 0 radical (unpaired) electrons. The second-order valence-corrected chi connectivity index (χ2v) is 4.92. The number of carbonyl (C=O) groups is 1. The third kappa shape index (κ3) is 3.42. The Hall–Kier alpha value is -2.21. The molecule has 6 heteroatoms. The molecule has 0 aliphatic rings. The number of carbonyl (C=O) groups excluding carboxylic acids is 1. The number of H-pyrrole nitrogens is 1. The summed E-state index contributed by atoms with van der Waals surface area (Å²) in [5, 5.41) is 2.85. The van der Waals surface area contributed by atoms with Gasteiger partial charge in [-0.3, -0.25) is 4.79 Å². The van der Waals surface area contributed by atoms with E-state index in [4.69, 9.17) is 12.2 Å². The van der Waals surface area contributed by atoms with Gasteiger partial charge in [0.1, 0.15) is 10.5 Å². The largest absolute Gasteiger partial charge is 0.363 e. The topological polar surface area (TPSA) is 61.0 Å². The lowest BCUT2D eigenvalue weighted by Crippen LogP contribution is -2.23. The summed E-state index contributed by atoms with van der Waals surface area (Å²) in [6, 6.07) is 7.26. The van der Waals surface area contributed by atoms with E-state index in [1.54, 1.807) is 24.5 Å². The van der Waals surface area contributed by atoms with Crippen LogP contribution in [0.3, 0.4) is 0 Å². The Morgan fingerprint density at radius 1 is 1.45 bits per heavy atom. The second-order valence-electron chi connectivity index (χ2n) is 4.51. The third-order valence-corrected chi connectivity index (χ3v) is 3.12. The van der Waals surface area contributed by atoms with Gasteiger partial charge in [-0.25, -0.2) is 4.98 Å². The summed E-state index contributed by atoms with van der Waals surface area (Å²) in [6.07, 6.45) is 3.43. The van der Waals surface area contributed by atoms with Gasteiger partial charge in [0.15, 0.2) is 0 Å². The molecule has 5 nitrogen and oxygen atoms in total. The zero-order valence-electron chi connectivity index (χ0n) is 11.4. The average molecular weight is 288 g/mol. The van der Waals surface area contributed by atoms with Crippen LogP contribution >= 0.6 is 12.2 Å². The standard InChI is InChI=1S/C14H16N4OS/c1-18(2)12-8-10(5-7-15-12)9-17-13(19)11-4-3-6-16-14(11)20/h3-8H,9H2,1-2H3,(H,16,20)(H,17,19). The van der Waals surface area contributed by atoms with Gasteiger partial charge in [-0.05, 0) is 29.8 Å². The minimum Gasteiger partial charge on any atom is -0.363 e. The summed E-state index contributed by atoms with van der Waals surface area (Å²) in [4.78, 5) is 21.0. The summed E-state index contributed by atoms with van der Waals surface area (Å²) in [7, 11) is 3.85. The van der Waals surface area contributed by atoms with Crippen LogP contribution in [0.2, 0.25) is 0 Å². The van der Waals surface area contributed by atoms with E-state index < -0.39 is 0 Å². The van der Waals surface area contributed by atoms with E-state index in [0.717, 1.165) is 11.4 Å². The van der Waals surface area contributed by atoms with E-state index >= 15 is 0 Å². The van der Waals surface area contributed by atoms with Gasteiger partial charge in [-0.1, -0.05) is 12.2 Å². The quantitative estimate of drug-likeness (QED) is 0.846. The molecule has 2 rings (SSSR count). The van der Waals surface area contributed by atoms with Crippen molar-refractivity contribution in [2.75, 3.05) is 19.0 Å². The van der Waals surface area contributed by atoms with Crippen molar-refractivity contribution in [2.45, 2.75) is 6.54 Å². The lowest BCUT2D eigenvalue weighted by molar-refractivity contribution is 0.0950. The SMILES string of the molecule is CN(C)c1cc(CNC(=O)c2ccc[nH]c2=S)ccn1. The maximum atomic E-state index is 12.0. The Kier molecular flexibility index (Phi) is 4.47. The number of aromatic amines is 1. The Morgan fingerprint density at radius 2 is 2.25 bits per heavy atom. The molecule has 2 aromatic heterocycles. The number of hydrogen-bond donors (Lipinski definition) is 2. The fraction of sp³-hybridized carbons (Fsp3) is 0.214. The minimum atomic E-state index is -0.185. The van der Waals surface area contributed by atoms with Crippen molar-refractivity contribution in [3.05, 3.63) is 52.4 Å². The van der Waals surface area contributed by atoms with Crippen LogP contribution in [-0.2, 0) is 6.54 Å². The van der Waals surface area contributed by atoms with Crippen molar-refractivity contribution in [1.82, 2.24) is 15.3 Å². The van der Waals surface area contributed by atoms with Gasteiger partial charge in [0.25, 0.3) is 5.91 Å². The number of aromatic nitrogens is 2. The van der Waals surface area contributed by atoms with Crippen LogP contribution in [0.25, 0.3) is 0 Å². The highest BCUT2D eigenvalue weighted by Gasteiger charge is 2.07. The van der Waals surface area contributed by atoms with Crippen molar-refractivity contribution in [3.63, 3.8) is 0 Å². The molecule has 2 N–H and O–H groups in total. The predicted octanol–water partition coefficient (Wildman–Crippen LogP) is 2.14. The summed E-state index contributed by atoms with van der Waals surface area (Å²) in [5.74, 6) is 0.670. The molecule has 0 unspecified atom stereocenters. The van der Waals surface area contributed by atoms with Crippen molar-refractivity contribution in [2.24, 2.45) is 0 Å². The normalized spacial score (nSPS) is 10.1. The van der Waals surface area contributed by atoms with E-state index in [-0.39, 0.29) is 5.91 Å². The number of amides is 1. The highest BCUT2D eigenvalue weighted by atomic mass is 32.1. The Morgan fingerprint density at radius 3 is 2.95 bits per heavy atom. The van der Waals surface area contributed by atoms with Crippen LogP contribution in [0, 0.1) is 4.64 Å². The molecule has 0 aliphatic heterocycles. The first-order valence-electron chi connectivity index (χ1n) is 6.16. The molecule has 1 amide bonds. The molecular formula is C14H16N4OS. The van der Waals surface area contributed by atoms with E-state index in [1.807, 2.05) is 31.1 Å². The van der Waals surface area contributed by atoms with E-state index in [9.17, 15) is 4.79 Å². The molecule has 0 saturated carbocycles. The van der Waals surface area contributed by atoms with E-state index in [0.29, 0.717) is 16.7 Å². The molecule has 0 aliphatic carbocycles. The molecule has 0 bridgehead atoms. The minimum absolute atomic E-state index is 0.185. The van der Waals surface area contributed by atoms with Crippen LogP contribution < -0.4 is 10.2 Å². The monoisotopic (exact) mass is 288 g/mol. The first-order chi connectivity index (χ1) is 9.58. The van der Waals surface area contributed by atoms with E-state index in [2.05, 4.69) is 15.3 Å². The van der Waals surface area contributed by atoms with Gasteiger partial charge in [0.2, 0.25) is 0 Å². The maximum absolute atomic E-state index is 12.0. The van der Waals surface area contributed by atoms with Crippen LogP contribution in [0.1, 0.15) is 15.9 Å². The van der Waals surface area contributed by atoms with Gasteiger partial charge in [-0.15, -0.1) is 0 Å². The number of hydrogen-bond acceptors (Lipinski definition) is 4. The summed E-state index contributed by atoms with van der Waals surface area (Å²) in [6.45, 7) is 0.436. The first-order valence-corrected chi connectivity index (χ1v) is 6.57. The van der Waals surface area contributed by atoms with Crippen molar-refractivity contribution in [1.29, 1.82) is 0 Å². The average Bonchev–Trinajstić information content (AvgIpc) is 2.45. The molecule has 0 fully saturated rings. The van der Waals surface area contributed by atoms with Gasteiger partial charge in [0.05, 0.1) is 5.56 Å². The number of rotatable bonds is 4. The third-order valence-electron chi connectivity index (χ3n) is 2.78. The van der Waals surface area contributed by atoms with Gasteiger partial charge < -0.3 is 15.2 Å². The summed E-state index contributed by atoms with van der Waals surface area (Å²) < 4.78 is 0.439. The summed E-state index contributed by atoms with van der Waals surface area (Å²) in [5.41, 5.74) is 1.47. The van der Waals surface area contributed by atoms with Gasteiger partial charge in [0, 0.05) is 33.0 Å². The molecular weight excluding hydrogens is 272 g/mol. The maximum Gasteiger partial charge on any atom is 0.254 e. The number of nitrogens with zero attached hydrogens (tertiary/aromatic N) is 2. The fourth-order valence-electron chi connectivity index (χ4n) is 1.69. The smallest absolute Gasteiger partial charge is 0.254 e. The Labute approximate surface area is 122 Å². The zero-order chi connectivity index (χ0) is 14.5. The molecule has 2 heterocycles.